The van der Waals surface area contributed by atoms with Gasteiger partial charge in [-0.05, 0) is 68.1 Å². The van der Waals surface area contributed by atoms with Crippen LogP contribution in [0, 0.1) is 12.3 Å². The molecule has 1 heterocycles. The van der Waals surface area contributed by atoms with Crippen molar-refractivity contribution >= 4 is 23.4 Å². The van der Waals surface area contributed by atoms with E-state index >= 15 is 0 Å². The van der Waals surface area contributed by atoms with Crippen LogP contribution in [-0.2, 0) is 15.3 Å². The summed E-state index contributed by atoms with van der Waals surface area (Å²) in [6, 6.07) is 10.6. The Morgan fingerprint density at radius 2 is 1.45 bits per heavy atom. The molecule has 0 atom stereocenters. The van der Waals surface area contributed by atoms with Crippen LogP contribution in [0.4, 0.5) is 13.2 Å². The predicted molar refractivity (Wildman–Crippen MR) is 133 cm³/mol. The van der Waals surface area contributed by atoms with Crippen LogP contribution < -0.4 is 31.0 Å². The van der Waals surface area contributed by atoms with E-state index in [1.165, 1.54) is 12.1 Å². The molecule has 0 bridgehead atoms. The summed E-state index contributed by atoms with van der Waals surface area (Å²) in [5.41, 5.74) is 2.23. The molecular weight excluding hydrogens is 525 g/mol. The predicted octanol–water partition coefficient (Wildman–Crippen LogP) is 3.15. The Balaban J connectivity index is 1.17. The molecule has 202 valence electrons. The van der Waals surface area contributed by atoms with Gasteiger partial charge in [0.1, 0.15) is 11.5 Å². The third-order valence-electron chi connectivity index (χ3n) is 6.36. The normalized spacial score (nSPS) is 20.1. The lowest BCUT2D eigenvalue weighted by Gasteiger charge is -2.29. The SMILES string of the molecule is C#Cc1ccc(OCC(=O)NC2CCC(NC(=O)COc3ccc(Cl)c(C4(C(F)(F)F)NN4)c3)CC2)cc1. The van der Waals surface area contributed by atoms with Gasteiger partial charge in [-0.15, -0.1) is 6.42 Å². The van der Waals surface area contributed by atoms with Crippen LogP contribution in [0.5, 0.6) is 11.5 Å². The molecule has 0 radical (unpaired) electrons. The fourth-order valence-corrected chi connectivity index (χ4v) is 4.50. The molecule has 1 saturated heterocycles. The number of hydrogen-bond donors (Lipinski definition) is 4. The number of benzene rings is 2. The minimum absolute atomic E-state index is 0.0302. The number of carbonyl (C=O) groups excluding carboxylic acids is 2. The Labute approximate surface area is 222 Å². The second-order valence-corrected chi connectivity index (χ2v) is 9.48. The van der Waals surface area contributed by atoms with E-state index in [9.17, 15) is 22.8 Å². The molecule has 2 amide bonds. The Kier molecular flexibility index (Phi) is 8.35. The summed E-state index contributed by atoms with van der Waals surface area (Å²) in [7, 11) is 0. The van der Waals surface area contributed by atoms with Crippen LogP contribution in [0.1, 0.15) is 36.8 Å². The maximum Gasteiger partial charge on any atom is 0.426 e. The van der Waals surface area contributed by atoms with E-state index in [-0.39, 0.29) is 47.5 Å². The zero-order valence-electron chi connectivity index (χ0n) is 20.2. The Morgan fingerprint density at radius 3 is 1.92 bits per heavy atom. The first-order valence-corrected chi connectivity index (χ1v) is 12.3. The number of amides is 2. The summed E-state index contributed by atoms with van der Waals surface area (Å²) in [6.45, 7) is -0.483. The number of hydrazine groups is 1. The smallest absolute Gasteiger partial charge is 0.426 e. The van der Waals surface area contributed by atoms with Crippen molar-refractivity contribution < 1.29 is 32.2 Å². The van der Waals surface area contributed by atoms with Crippen molar-refractivity contribution in [2.45, 2.75) is 49.6 Å². The second kappa shape index (κ2) is 11.5. The first kappa shape index (κ1) is 27.6. The highest BCUT2D eigenvalue weighted by molar-refractivity contribution is 6.31. The van der Waals surface area contributed by atoms with Crippen molar-refractivity contribution in [3.8, 4) is 23.8 Å². The Morgan fingerprint density at radius 1 is 0.947 bits per heavy atom. The molecule has 0 unspecified atom stereocenters. The number of hydrogen-bond acceptors (Lipinski definition) is 6. The van der Waals surface area contributed by atoms with Gasteiger partial charge < -0.3 is 20.1 Å². The lowest BCUT2D eigenvalue weighted by Crippen LogP contribution is -2.45. The van der Waals surface area contributed by atoms with Crippen LogP contribution in [-0.4, -0.2) is 43.3 Å². The van der Waals surface area contributed by atoms with Crippen LogP contribution >= 0.6 is 11.6 Å². The average molecular weight is 551 g/mol. The van der Waals surface area contributed by atoms with Crippen molar-refractivity contribution in [2.75, 3.05) is 13.2 Å². The summed E-state index contributed by atoms with van der Waals surface area (Å²) in [5, 5.41) is 5.71. The molecule has 1 aliphatic carbocycles. The topological polar surface area (TPSA) is 121 Å². The minimum Gasteiger partial charge on any atom is -0.484 e. The van der Waals surface area contributed by atoms with E-state index in [1.54, 1.807) is 24.3 Å². The van der Waals surface area contributed by atoms with E-state index in [1.807, 2.05) is 0 Å². The molecule has 0 aromatic heterocycles. The van der Waals surface area contributed by atoms with Crippen molar-refractivity contribution in [1.82, 2.24) is 21.5 Å². The fraction of sp³-hybridized carbons (Fsp3) is 0.385. The Hall–Kier alpha value is -3.46. The molecule has 12 heteroatoms. The first-order valence-electron chi connectivity index (χ1n) is 11.9. The van der Waals surface area contributed by atoms with E-state index in [4.69, 9.17) is 27.5 Å². The van der Waals surface area contributed by atoms with Gasteiger partial charge in [0.15, 0.2) is 13.2 Å². The highest BCUT2D eigenvalue weighted by Crippen LogP contribution is 2.45. The molecule has 2 aliphatic rings. The average Bonchev–Trinajstić information content (AvgIpc) is 3.71. The van der Waals surface area contributed by atoms with Crippen LogP contribution in [0.2, 0.25) is 5.02 Å². The summed E-state index contributed by atoms with van der Waals surface area (Å²) >= 11 is 5.96. The maximum atomic E-state index is 13.4. The summed E-state index contributed by atoms with van der Waals surface area (Å²) in [4.78, 5) is 24.6. The number of halogens is 4. The lowest BCUT2D eigenvalue weighted by molar-refractivity contribution is -0.165. The number of carbonyl (C=O) groups is 2. The monoisotopic (exact) mass is 550 g/mol. The molecular formula is C26H26ClF3N4O4. The van der Waals surface area contributed by atoms with E-state index in [0.717, 1.165) is 11.6 Å². The maximum absolute atomic E-state index is 13.4. The standard InChI is InChI=1S/C26H26ClF3N4O4/c1-2-16-3-9-19(10-4-16)37-14-23(35)31-17-5-7-18(8-6-17)32-24(36)15-38-20-11-12-22(27)21(13-20)25(33-34-25)26(28,29)30/h1,3-4,9-13,17-18,33-34H,5-8,14-15H2,(H,31,35)(H,32,36). The molecule has 4 N–H and O–H groups in total. The number of rotatable bonds is 9. The third-order valence-corrected chi connectivity index (χ3v) is 6.69. The third kappa shape index (κ3) is 6.69. The van der Waals surface area contributed by atoms with Gasteiger partial charge in [-0.3, -0.25) is 9.59 Å². The highest BCUT2D eigenvalue weighted by Gasteiger charge is 2.66. The molecule has 2 aromatic carbocycles. The van der Waals surface area contributed by atoms with Gasteiger partial charge in [0.05, 0.1) is 0 Å². The molecule has 38 heavy (non-hydrogen) atoms. The van der Waals surface area contributed by atoms with Crippen molar-refractivity contribution in [3.63, 3.8) is 0 Å². The second-order valence-electron chi connectivity index (χ2n) is 9.07. The quantitative estimate of drug-likeness (QED) is 0.281. The molecule has 2 aromatic rings. The summed E-state index contributed by atoms with van der Waals surface area (Å²) in [5.74, 6) is 2.50. The number of ether oxygens (including phenoxy) is 2. The van der Waals surface area contributed by atoms with Gasteiger partial charge in [-0.25, -0.2) is 10.9 Å². The van der Waals surface area contributed by atoms with Crippen molar-refractivity contribution in [3.05, 3.63) is 58.6 Å². The highest BCUT2D eigenvalue weighted by atomic mass is 35.5. The lowest BCUT2D eigenvalue weighted by atomic mass is 9.91. The Bertz CT molecular complexity index is 1200. The van der Waals surface area contributed by atoms with E-state index in [2.05, 4.69) is 27.4 Å². The van der Waals surface area contributed by atoms with Gasteiger partial charge >= 0.3 is 6.18 Å². The minimum atomic E-state index is -4.62. The van der Waals surface area contributed by atoms with Crippen LogP contribution in [0.15, 0.2) is 42.5 Å². The summed E-state index contributed by atoms with van der Waals surface area (Å²) < 4.78 is 51.0. The zero-order chi connectivity index (χ0) is 27.3. The molecule has 4 rings (SSSR count). The number of terminal acetylenes is 1. The summed E-state index contributed by atoms with van der Waals surface area (Å²) in [6.07, 6.45) is 3.35. The van der Waals surface area contributed by atoms with E-state index < -0.39 is 17.7 Å². The van der Waals surface area contributed by atoms with Crippen molar-refractivity contribution in [1.29, 1.82) is 0 Å². The van der Waals surface area contributed by atoms with Gasteiger partial charge in [0, 0.05) is 28.2 Å². The molecule has 1 saturated carbocycles. The van der Waals surface area contributed by atoms with E-state index in [0.29, 0.717) is 31.4 Å². The van der Waals surface area contributed by atoms with Gasteiger partial charge in [0.2, 0.25) is 5.66 Å². The van der Waals surface area contributed by atoms with Crippen molar-refractivity contribution in [2.24, 2.45) is 0 Å². The zero-order valence-corrected chi connectivity index (χ0v) is 20.9. The van der Waals surface area contributed by atoms with Gasteiger partial charge in [0.25, 0.3) is 11.8 Å². The molecule has 2 fully saturated rings. The van der Waals surface area contributed by atoms with Crippen LogP contribution in [0.25, 0.3) is 0 Å². The molecule has 0 spiro atoms. The van der Waals surface area contributed by atoms with Crippen LogP contribution in [0.3, 0.4) is 0 Å². The van der Waals surface area contributed by atoms with Gasteiger partial charge in [-0.2, -0.15) is 13.2 Å². The number of nitrogens with one attached hydrogen (secondary N) is 4. The fourth-order valence-electron chi connectivity index (χ4n) is 4.24. The number of alkyl halides is 3. The molecule has 1 aliphatic heterocycles. The molecule has 8 nitrogen and oxygen atoms in total. The first-order chi connectivity index (χ1) is 18.1. The van der Waals surface area contributed by atoms with Gasteiger partial charge in [-0.1, -0.05) is 17.5 Å². The largest absolute Gasteiger partial charge is 0.484 e.